The van der Waals surface area contributed by atoms with Crippen molar-refractivity contribution in [2.45, 2.75) is 31.8 Å². The quantitative estimate of drug-likeness (QED) is 0.831. The van der Waals surface area contributed by atoms with Crippen LogP contribution in [0.1, 0.15) is 30.4 Å². The minimum atomic E-state index is 0.429. The van der Waals surface area contributed by atoms with Gasteiger partial charge in [-0.15, -0.1) is 0 Å². The number of fused-ring (bicyclic) bond motifs is 1. The van der Waals surface area contributed by atoms with Gasteiger partial charge in [0, 0.05) is 10.7 Å². The lowest BCUT2D eigenvalue weighted by molar-refractivity contribution is 0.194. The Hall–Kier alpha value is -1.67. The van der Waals surface area contributed by atoms with Crippen molar-refractivity contribution in [3.63, 3.8) is 0 Å². The summed E-state index contributed by atoms with van der Waals surface area (Å²) in [5, 5.41) is 0.764. The molecule has 2 nitrogen and oxygen atoms in total. The molecule has 0 heterocycles. The van der Waals surface area contributed by atoms with Crippen molar-refractivity contribution < 1.29 is 4.74 Å². The molecular weight excluding hydrogens is 294 g/mol. The maximum Gasteiger partial charge on any atom is 0.119 e. The third-order valence-electron chi connectivity index (χ3n) is 4.89. The molecular formula is C19H20ClNO. The van der Waals surface area contributed by atoms with E-state index in [4.69, 9.17) is 22.1 Å². The van der Waals surface area contributed by atoms with Crippen LogP contribution >= 0.6 is 11.6 Å². The molecule has 0 saturated heterocycles. The van der Waals surface area contributed by atoms with E-state index < -0.39 is 0 Å². The van der Waals surface area contributed by atoms with E-state index in [9.17, 15) is 0 Å². The third kappa shape index (κ3) is 2.93. The van der Waals surface area contributed by atoms with Crippen molar-refractivity contribution in [1.82, 2.24) is 0 Å². The molecule has 2 fully saturated rings. The molecule has 2 saturated carbocycles. The highest BCUT2D eigenvalue weighted by Crippen LogP contribution is 2.52. The van der Waals surface area contributed by atoms with Crippen molar-refractivity contribution in [2.24, 2.45) is 11.8 Å². The molecule has 3 atom stereocenters. The summed E-state index contributed by atoms with van der Waals surface area (Å²) in [5.74, 6) is 2.89. The van der Waals surface area contributed by atoms with Crippen LogP contribution in [-0.4, -0.2) is 6.10 Å². The van der Waals surface area contributed by atoms with E-state index >= 15 is 0 Å². The number of hydrogen-bond donors (Lipinski definition) is 1. The number of halogens is 1. The summed E-state index contributed by atoms with van der Waals surface area (Å²) < 4.78 is 6.08. The van der Waals surface area contributed by atoms with E-state index in [2.05, 4.69) is 24.3 Å². The van der Waals surface area contributed by atoms with Crippen LogP contribution < -0.4 is 10.5 Å². The van der Waals surface area contributed by atoms with Gasteiger partial charge in [0.2, 0.25) is 0 Å². The van der Waals surface area contributed by atoms with E-state index in [1.165, 1.54) is 24.8 Å². The van der Waals surface area contributed by atoms with Crippen LogP contribution in [0.4, 0.5) is 5.69 Å². The smallest absolute Gasteiger partial charge is 0.119 e. The first-order chi connectivity index (χ1) is 10.7. The molecule has 114 valence electrons. The Balaban J connectivity index is 1.41. The molecule has 2 aliphatic rings. The van der Waals surface area contributed by atoms with E-state index in [1.807, 2.05) is 18.2 Å². The highest BCUT2D eigenvalue weighted by Gasteiger charge is 2.46. The SMILES string of the molecule is Nc1ccc(Cl)c(Cc2ccc(OC3C[C@@H]4C[C@@H]4C3)cc2)c1. The molecule has 0 aliphatic heterocycles. The van der Waals surface area contributed by atoms with Gasteiger partial charge in [0.25, 0.3) is 0 Å². The Kier molecular flexibility index (Phi) is 3.50. The van der Waals surface area contributed by atoms with Gasteiger partial charge in [-0.3, -0.25) is 0 Å². The van der Waals surface area contributed by atoms with Crippen LogP contribution in [0.5, 0.6) is 5.75 Å². The zero-order valence-electron chi connectivity index (χ0n) is 12.5. The molecule has 0 bridgehead atoms. The van der Waals surface area contributed by atoms with Crippen LogP contribution in [-0.2, 0) is 6.42 Å². The molecule has 0 spiro atoms. The number of nitrogen functional groups attached to an aromatic ring is 1. The number of benzene rings is 2. The highest BCUT2D eigenvalue weighted by atomic mass is 35.5. The van der Waals surface area contributed by atoms with Gasteiger partial charge in [-0.2, -0.15) is 0 Å². The largest absolute Gasteiger partial charge is 0.490 e. The van der Waals surface area contributed by atoms with Gasteiger partial charge < -0.3 is 10.5 Å². The van der Waals surface area contributed by atoms with Gasteiger partial charge in [0.05, 0.1) is 6.10 Å². The summed E-state index contributed by atoms with van der Waals surface area (Å²) in [6.07, 6.45) is 5.13. The predicted octanol–water partition coefficient (Wildman–Crippen LogP) is 4.69. The third-order valence-corrected chi connectivity index (χ3v) is 5.26. The standard InChI is InChI=1S/C19H20ClNO/c20-19-6-3-16(21)9-15(19)7-12-1-4-17(5-2-12)22-18-10-13-8-14(13)11-18/h1-6,9,13-14,18H,7-8,10-11,21H2/t13-,14+,18?. The molecule has 3 heteroatoms. The van der Waals surface area contributed by atoms with E-state index in [-0.39, 0.29) is 0 Å². The number of rotatable bonds is 4. The van der Waals surface area contributed by atoms with Crippen molar-refractivity contribution in [1.29, 1.82) is 0 Å². The van der Waals surface area contributed by atoms with Crippen LogP contribution in [0.3, 0.4) is 0 Å². The Bertz CT molecular complexity index is 672. The van der Waals surface area contributed by atoms with Crippen LogP contribution in [0.25, 0.3) is 0 Å². The van der Waals surface area contributed by atoms with Gasteiger partial charge in [0.1, 0.15) is 5.75 Å². The first kappa shape index (κ1) is 14.0. The van der Waals surface area contributed by atoms with E-state index in [1.54, 1.807) is 0 Å². The minimum Gasteiger partial charge on any atom is -0.490 e. The van der Waals surface area contributed by atoms with E-state index in [0.717, 1.165) is 40.3 Å². The Morgan fingerprint density at radius 1 is 1.00 bits per heavy atom. The average Bonchev–Trinajstić information content (AvgIpc) is 3.12. The van der Waals surface area contributed by atoms with E-state index in [0.29, 0.717) is 6.10 Å². The second-order valence-corrected chi connectivity index (χ2v) is 7.05. The monoisotopic (exact) mass is 313 g/mol. The van der Waals surface area contributed by atoms with Gasteiger partial charge in [0.15, 0.2) is 0 Å². The summed E-state index contributed by atoms with van der Waals surface area (Å²) in [4.78, 5) is 0. The van der Waals surface area contributed by atoms with Crippen molar-refractivity contribution >= 4 is 17.3 Å². The number of hydrogen-bond acceptors (Lipinski definition) is 2. The van der Waals surface area contributed by atoms with Crippen molar-refractivity contribution in [3.8, 4) is 5.75 Å². The predicted molar refractivity (Wildman–Crippen MR) is 90.4 cm³/mol. The van der Waals surface area contributed by atoms with Crippen LogP contribution in [0.15, 0.2) is 42.5 Å². The lowest BCUT2D eigenvalue weighted by Crippen LogP contribution is -2.13. The number of anilines is 1. The van der Waals surface area contributed by atoms with Gasteiger partial charge >= 0.3 is 0 Å². The molecule has 2 N–H and O–H groups in total. The minimum absolute atomic E-state index is 0.429. The summed E-state index contributed by atoms with van der Waals surface area (Å²) in [7, 11) is 0. The van der Waals surface area contributed by atoms with Gasteiger partial charge in [-0.1, -0.05) is 23.7 Å². The molecule has 0 amide bonds. The molecule has 4 rings (SSSR count). The van der Waals surface area contributed by atoms with Crippen LogP contribution in [0.2, 0.25) is 5.02 Å². The van der Waals surface area contributed by atoms with Crippen molar-refractivity contribution in [2.75, 3.05) is 5.73 Å². The molecule has 1 unspecified atom stereocenters. The number of nitrogens with two attached hydrogens (primary N) is 1. The maximum atomic E-state index is 6.23. The lowest BCUT2D eigenvalue weighted by atomic mass is 10.0. The second kappa shape index (κ2) is 5.51. The zero-order valence-corrected chi connectivity index (χ0v) is 13.2. The fourth-order valence-corrected chi connectivity index (χ4v) is 3.77. The van der Waals surface area contributed by atoms with Gasteiger partial charge in [-0.05, 0) is 79.0 Å². The Morgan fingerprint density at radius 3 is 2.45 bits per heavy atom. The highest BCUT2D eigenvalue weighted by molar-refractivity contribution is 6.31. The number of ether oxygens (including phenoxy) is 1. The normalized spacial score (nSPS) is 25.8. The fraction of sp³-hybridized carbons (Fsp3) is 0.368. The molecule has 0 radical (unpaired) electrons. The van der Waals surface area contributed by atoms with Gasteiger partial charge in [-0.25, -0.2) is 0 Å². The topological polar surface area (TPSA) is 35.2 Å². The van der Waals surface area contributed by atoms with Crippen molar-refractivity contribution in [3.05, 3.63) is 58.6 Å². The summed E-state index contributed by atoms with van der Waals surface area (Å²) in [6.45, 7) is 0. The molecule has 0 aromatic heterocycles. The first-order valence-electron chi connectivity index (χ1n) is 7.97. The summed E-state index contributed by atoms with van der Waals surface area (Å²) >= 11 is 6.23. The average molecular weight is 314 g/mol. The lowest BCUT2D eigenvalue weighted by Gasteiger charge is -2.15. The fourth-order valence-electron chi connectivity index (χ4n) is 3.58. The summed E-state index contributed by atoms with van der Waals surface area (Å²) in [5.41, 5.74) is 8.86. The molecule has 22 heavy (non-hydrogen) atoms. The molecule has 2 aliphatic carbocycles. The zero-order chi connectivity index (χ0) is 15.1. The maximum absolute atomic E-state index is 6.23. The Morgan fingerprint density at radius 2 is 1.73 bits per heavy atom. The summed E-state index contributed by atoms with van der Waals surface area (Å²) in [6, 6.07) is 14.0. The second-order valence-electron chi connectivity index (χ2n) is 6.64. The molecule has 2 aromatic rings. The Labute approximate surface area is 136 Å². The molecule has 2 aromatic carbocycles. The van der Waals surface area contributed by atoms with Crippen LogP contribution in [0, 0.1) is 11.8 Å². The first-order valence-corrected chi connectivity index (χ1v) is 8.34.